The Labute approximate surface area is 146 Å². The summed E-state index contributed by atoms with van der Waals surface area (Å²) in [5.41, 5.74) is 2.00. The molecule has 0 saturated heterocycles. The number of para-hydroxylation sites is 1. The Hall–Kier alpha value is -2.93. The molecule has 0 aliphatic rings. The summed E-state index contributed by atoms with van der Waals surface area (Å²) in [7, 11) is 1.57. The van der Waals surface area contributed by atoms with Crippen LogP contribution in [0.3, 0.4) is 0 Å². The molecule has 0 aliphatic carbocycles. The van der Waals surface area contributed by atoms with Gasteiger partial charge in [-0.25, -0.2) is 4.79 Å². The number of hydrogen-bond acceptors (Lipinski definition) is 6. The number of esters is 1. The van der Waals surface area contributed by atoms with Crippen LogP contribution in [0, 0.1) is 0 Å². The van der Waals surface area contributed by atoms with Crippen LogP contribution in [0.1, 0.15) is 27.6 Å². The van der Waals surface area contributed by atoms with Crippen molar-refractivity contribution in [3.8, 4) is 0 Å². The van der Waals surface area contributed by atoms with Crippen molar-refractivity contribution in [1.82, 2.24) is 10.3 Å². The van der Waals surface area contributed by atoms with Gasteiger partial charge >= 0.3 is 5.97 Å². The van der Waals surface area contributed by atoms with Gasteiger partial charge < -0.3 is 20.1 Å². The predicted molar refractivity (Wildman–Crippen MR) is 94.1 cm³/mol. The summed E-state index contributed by atoms with van der Waals surface area (Å²) in [5.74, 6) is -0.654. The molecule has 0 spiro atoms. The zero-order chi connectivity index (χ0) is 18.1. The Bertz CT molecular complexity index is 734. The molecule has 0 unspecified atom stereocenters. The summed E-state index contributed by atoms with van der Waals surface area (Å²) < 4.78 is 9.95. The molecular weight excluding hydrogens is 322 g/mol. The normalized spacial score (nSPS) is 10.2. The van der Waals surface area contributed by atoms with Crippen LogP contribution < -0.4 is 10.6 Å². The van der Waals surface area contributed by atoms with Crippen LogP contribution in [0.5, 0.6) is 0 Å². The van der Waals surface area contributed by atoms with Gasteiger partial charge in [-0.1, -0.05) is 12.1 Å². The van der Waals surface area contributed by atoms with Gasteiger partial charge in [0.2, 0.25) is 0 Å². The lowest BCUT2D eigenvalue weighted by atomic mass is 10.1. The first-order chi connectivity index (χ1) is 12.2. The fraction of sp³-hybridized carbons (Fsp3) is 0.278. The number of aromatic nitrogens is 1. The second-order valence-corrected chi connectivity index (χ2v) is 5.10. The summed E-state index contributed by atoms with van der Waals surface area (Å²) in [4.78, 5) is 28.2. The van der Waals surface area contributed by atoms with E-state index in [2.05, 4.69) is 15.6 Å². The molecule has 0 atom stereocenters. The maximum Gasteiger partial charge on any atom is 0.340 e. The van der Waals surface area contributed by atoms with E-state index in [0.717, 1.165) is 0 Å². The summed E-state index contributed by atoms with van der Waals surface area (Å²) in [6, 6.07) is 8.67. The van der Waals surface area contributed by atoms with Crippen molar-refractivity contribution >= 4 is 23.3 Å². The molecule has 25 heavy (non-hydrogen) atoms. The third kappa shape index (κ3) is 5.29. The molecule has 1 aromatic heterocycles. The summed E-state index contributed by atoms with van der Waals surface area (Å²) >= 11 is 0. The molecule has 0 bridgehead atoms. The SMILES string of the molecule is CCOC(=O)c1ccccc1Nc1cncc(C(=O)NCCOC)c1. The third-order valence-corrected chi connectivity index (χ3v) is 3.29. The van der Waals surface area contributed by atoms with Crippen LogP contribution in [0.25, 0.3) is 0 Å². The summed E-state index contributed by atoms with van der Waals surface area (Å²) in [6.07, 6.45) is 3.05. The van der Waals surface area contributed by atoms with Crippen molar-refractivity contribution in [1.29, 1.82) is 0 Å². The minimum Gasteiger partial charge on any atom is -0.462 e. The lowest BCUT2D eigenvalue weighted by Gasteiger charge is -2.12. The number of amides is 1. The van der Waals surface area contributed by atoms with Crippen LogP contribution in [-0.2, 0) is 9.47 Å². The first-order valence-corrected chi connectivity index (χ1v) is 7.91. The molecule has 7 heteroatoms. The van der Waals surface area contributed by atoms with E-state index in [0.29, 0.717) is 42.3 Å². The zero-order valence-corrected chi connectivity index (χ0v) is 14.2. The van der Waals surface area contributed by atoms with Crippen molar-refractivity contribution in [3.63, 3.8) is 0 Å². The van der Waals surface area contributed by atoms with Gasteiger partial charge in [-0.2, -0.15) is 0 Å². The van der Waals surface area contributed by atoms with Crippen LogP contribution in [0.2, 0.25) is 0 Å². The minimum atomic E-state index is -0.410. The highest BCUT2D eigenvalue weighted by atomic mass is 16.5. The van der Waals surface area contributed by atoms with Crippen LogP contribution in [0.15, 0.2) is 42.7 Å². The molecule has 2 rings (SSSR count). The number of carbonyl (C=O) groups excluding carboxylic acids is 2. The molecule has 1 heterocycles. The first kappa shape index (κ1) is 18.4. The quantitative estimate of drug-likeness (QED) is 0.565. The first-order valence-electron chi connectivity index (χ1n) is 7.91. The smallest absolute Gasteiger partial charge is 0.340 e. The van der Waals surface area contributed by atoms with Crippen molar-refractivity contribution in [2.24, 2.45) is 0 Å². The molecule has 1 aromatic carbocycles. The number of rotatable bonds is 8. The number of carbonyl (C=O) groups is 2. The minimum absolute atomic E-state index is 0.244. The number of nitrogens with one attached hydrogen (secondary N) is 2. The van der Waals surface area contributed by atoms with E-state index in [1.54, 1.807) is 50.6 Å². The molecule has 1 amide bonds. The number of anilines is 2. The van der Waals surface area contributed by atoms with Gasteiger partial charge in [0, 0.05) is 19.9 Å². The standard InChI is InChI=1S/C18H21N3O4/c1-3-25-18(23)15-6-4-5-7-16(15)21-14-10-13(11-19-12-14)17(22)20-8-9-24-2/h4-7,10-12,21H,3,8-9H2,1-2H3,(H,20,22). The van der Waals surface area contributed by atoms with E-state index in [4.69, 9.17) is 9.47 Å². The van der Waals surface area contributed by atoms with E-state index < -0.39 is 5.97 Å². The number of nitrogens with zero attached hydrogens (tertiary/aromatic N) is 1. The highest BCUT2D eigenvalue weighted by Crippen LogP contribution is 2.21. The number of hydrogen-bond donors (Lipinski definition) is 2. The molecular formula is C18H21N3O4. The third-order valence-electron chi connectivity index (χ3n) is 3.29. The van der Waals surface area contributed by atoms with E-state index >= 15 is 0 Å². The van der Waals surface area contributed by atoms with Gasteiger partial charge in [-0.3, -0.25) is 9.78 Å². The van der Waals surface area contributed by atoms with Gasteiger partial charge in [-0.05, 0) is 25.1 Å². The average molecular weight is 343 g/mol. The van der Waals surface area contributed by atoms with Gasteiger partial charge in [0.05, 0.1) is 41.9 Å². The van der Waals surface area contributed by atoms with Crippen LogP contribution in [0.4, 0.5) is 11.4 Å². The van der Waals surface area contributed by atoms with E-state index in [1.165, 1.54) is 6.20 Å². The van der Waals surface area contributed by atoms with Gasteiger partial charge in [0.15, 0.2) is 0 Å². The maximum atomic E-state index is 12.1. The molecule has 0 saturated carbocycles. The van der Waals surface area contributed by atoms with Gasteiger partial charge in [-0.15, -0.1) is 0 Å². The molecule has 0 radical (unpaired) electrons. The number of ether oxygens (including phenoxy) is 2. The van der Waals surface area contributed by atoms with Crippen LogP contribution in [-0.4, -0.2) is 43.7 Å². The van der Waals surface area contributed by atoms with E-state index in [1.807, 2.05) is 0 Å². The Morgan fingerprint density at radius 3 is 2.76 bits per heavy atom. The fourth-order valence-corrected chi connectivity index (χ4v) is 2.14. The van der Waals surface area contributed by atoms with Crippen molar-refractivity contribution in [2.75, 3.05) is 32.2 Å². The highest BCUT2D eigenvalue weighted by molar-refractivity contribution is 5.97. The maximum absolute atomic E-state index is 12.1. The number of pyridine rings is 1. The Morgan fingerprint density at radius 1 is 1.20 bits per heavy atom. The molecule has 0 fully saturated rings. The van der Waals surface area contributed by atoms with Crippen molar-refractivity contribution < 1.29 is 19.1 Å². The second kappa shape index (κ2) is 9.39. The van der Waals surface area contributed by atoms with Crippen molar-refractivity contribution in [3.05, 3.63) is 53.9 Å². The average Bonchev–Trinajstić information content (AvgIpc) is 2.63. The Morgan fingerprint density at radius 2 is 2.00 bits per heavy atom. The monoisotopic (exact) mass is 343 g/mol. The number of methoxy groups -OCH3 is 1. The fourth-order valence-electron chi connectivity index (χ4n) is 2.14. The lowest BCUT2D eigenvalue weighted by molar-refractivity contribution is 0.0527. The molecule has 132 valence electrons. The lowest BCUT2D eigenvalue weighted by Crippen LogP contribution is -2.27. The highest BCUT2D eigenvalue weighted by Gasteiger charge is 2.13. The molecule has 2 aromatic rings. The van der Waals surface area contributed by atoms with Crippen molar-refractivity contribution in [2.45, 2.75) is 6.92 Å². The molecule has 7 nitrogen and oxygen atoms in total. The summed E-state index contributed by atoms with van der Waals surface area (Å²) in [6.45, 7) is 2.90. The Kier molecular flexibility index (Phi) is 6.91. The molecule has 2 N–H and O–H groups in total. The predicted octanol–water partition coefficient (Wildman–Crippen LogP) is 2.38. The topological polar surface area (TPSA) is 89.5 Å². The zero-order valence-electron chi connectivity index (χ0n) is 14.2. The molecule has 0 aliphatic heterocycles. The van der Waals surface area contributed by atoms with Gasteiger partial charge in [0.1, 0.15) is 0 Å². The van der Waals surface area contributed by atoms with E-state index in [-0.39, 0.29) is 5.91 Å². The number of benzene rings is 1. The van der Waals surface area contributed by atoms with E-state index in [9.17, 15) is 9.59 Å². The van der Waals surface area contributed by atoms with Crippen LogP contribution >= 0.6 is 0 Å². The van der Waals surface area contributed by atoms with Gasteiger partial charge in [0.25, 0.3) is 5.91 Å². The second-order valence-electron chi connectivity index (χ2n) is 5.10. The Balaban J connectivity index is 2.15. The largest absolute Gasteiger partial charge is 0.462 e. The summed E-state index contributed by atoms with van der Waals surface area (Å²) in [5, 5.41) is 5.84.